The van der Waals surface area contributed by atoms with Crippen LogP contribution in [0, 0.1) is 10.1 Å². The van der Waals surface area contributed by atoms with Gasteiger partial charge in [0.1, 0.15) is 0 Å². The minimum absolute atomic E-state index is 0.0165. The zero-order chi connectivity index (χ0) is 14.3. The second-order valence-electron chi connectivity index (χ2n) is 4.14. The predicted molar refractivity (Wildman–Crippen MR) is 79.5 cm³/mol. The molecule has 1 rings (SSSR count). The van der Waals surface area contributed by atoms with E-state index in [1.165, 1.54) is 6.07 Å². The van der Waals surface area contributed by atoms with Crippen molar-refractivity contribution in [2.45, 2.75) is 36.8 Å². The molecule has 4 nitrogen and oxygen atoms in total. The zero-order valence-electron chi connectivity index (χ0n) is 11.1. The summed E-state index contributed by atoms with van der Waals surface area (Å²) in [6.45, 7) is 4.53. The van der Waals surface area contributed by atoms with Crippen LogP contribution in [0.1, 0.15) is 26.7 Å². The van der Waals surface area contributed by atoms with Gasteiger partial charge in [0.2, 0.25) is 0 Å². The molecule has 106 valence electrons. The molecule has 0 saturated carbocycles. The molecule has 0 heterocycles. The van der Waals surface area contributed by atoms with E-state index in [4.69, 9.17) is 16.3 Å². The highest BCUT2D eigenvalue weighted by Crippen LogP contribution is 2.34. The maximum Gasteiger partial charge on any atom is 0.310 e. The summed E-state index contributed by atoms with van der Waals surface area (Å²) < 4.78 is 5.45. The molecule has 0 aliphatic carbocycles. The molecule has 1 unspecified atom stereocenters. The molecule has 0 aliphatic rings. The van der Waals surface area contributed by atoms with Crippen LogP contribution in [0.2, 0.25) is 0 Å². The molecule has 0 bridgehead atoms. The van der Waals surface area contributed by atoms with Gasteiger partial charge in [-0.05, 0) is 18.9 Å². The first-order valence-corrected chi connectivity index (χ1v) is 7.63. The van der Waals surface area contributed by atoms with Crippen LogP contribution in [-0.2, 0) is 0 Å². The summed E-state index contributed by atoms with van der Waals surface area (Å²) in [4.78, 5) is 11.5. The monoisotopic (exact) mass is 303 g/mol. The molecule has 0 radical (unpaired) electrons. The van der Waals surface area contributed by atoms with Crippen molar-refractivity contribution in [1.82, 2.24) is 0 Å². The lowest BCUT2D eigenvalue weighted by Gasteiger charge is -2.11. The van der Waals surface area contributed by atoms with Gasteiger partial charge in [-0.25, -0.2) is 0 Å². The smallest absolute Gasteiger partial charge is 0.310 e. The highest BCUT2D eigenvalue weighted by Gasteiger charge is 2.16. The molecule has 0 spiro atoms. The van der Waals surface area contributed by atoms with Crippen LogP contribution in [0.5, 0.6) is 5.75 Å². The van der Waals surface area contributed by atoms with Gasteiger partial charge in [-0.3, -0.25) is 10.1 Å². The fourth-order valence-corrected chi connectivity index (χ4v) is 2.97. The number of thioether (sulfide) groups is 1. The third kappa shape index (κ3) is 5.28. The molecule has 1 aromatic carbocycles. The van der Waals surface area contributed by atoms with Crippen molar-refractivity contribution in [1.29, 1.82) is 0 Å². The van der Waals surface area contributed by atoms with E-state index < -0.39 is 4.92 Å². The van der Waals surface area contributed by atoms with Crippen LogP contribution >= 0.6 is 23.4 Å². The van der Waals surface area contributed by atoms with E-state index in [1.807, 2.05) is 6.92 Å². The predicted octanol–water partition coefficient (Wildman–Crippen LogP) is 4.49. The van der Waals surface area contributed by atoms with Crippen molar-refractivity contribution in [3.8, 4) is 5.75 Å². The number of ether oxygens (including phenoxy) is 1. The number of rotatable bonds is 8. The number of alkyl halides is 1. The number of nitro benzene ring substituents is 1. The van der Waals surface area contributed by atoms with Gasteiger partial charge in [0.25, 0.3) is 0 Å². The van der Waals surface area contributed by atoms with Gasteiger partial charge >= 0.3 is 5.69 Å². The van der Waals surface area contributed by atoms with Crippen LogP contribution < -0.4 is 4.74 Å². The third-order valence-electron chi connectivity index (χ3n) is 2.44. The molecule has 0 aliphatic heterocycles. The van der Waals surface area contributed by atoms with Gasteiger partial charge in [0, 0.05) is 28.2 Å². The van der Waals surface area contributed by atoms with Crippen LogP contribution in [0.15, 0.2) is 23.1 Å². The third-order valence-corrected chi connectivity index (χ3v) is 3.82. The average Bonchev–Trinajstić information content (AvgIpc) is 2.36. The highest BCUT2D eigenvalue weighted by atomic mass is 35.5. The Hall–Kier alpha value is -0.940. The quantitative estimate of drug-likeness (QED) is 0.307. The molecule has 1 atom stereocenters. The number of hydrogen-bond donors (Lipinski definition) is 0. The highest BCUT2D eigenvalue weighted by molar-refractivity contribution is 7.99. The summed E-state index contributed by atoms with van der Waals surface area (Å²) >= 11 is 7.35. The number of hydrogen-bond acceptors (Lipinski definition) is 4. The topological polar surface area (TPSA) is 52.4 Å². The second kappa shape index (κ2) is 8.27. The maximum atomic E-state index is 10.9. The first-order valence-electron chi connectivity index (χ1n) is 6.22. The van der Waals surface area contributed by atoms with Crippen LogP contribution in [0.3, 0.4) is 0 Å². The molecule has 1 aromatic rings. The Morgan fingerprint density at radius 1 is 1.53 bits per heavy atom. The van der Waals surface area contributed by atoms with Crippen LogP contribution in [0.4, 0.5) is 5.69 Å². The fraction of sp³-hybridized carbons (Fsp3) is 0.538. The minimum atomic E-state index is -0.415. The van der Waals surface area contributed by atoms with E-state index in [2.05, 4.69) is 6.92 Å². The molecule has 0 fully saturated rings. The summed E-state index contributed by atoms with van der Waals surface area (Å²) in [5, 5.41) is 11.3. The largest absolute Gasteiger partial charge is 0.487 e. The molecule has 0 aromatic heterocycles. The van der Waals surface area contributed by atoms with Gasteiger partial charge in [0.05, 0.1) is 11.5 Å². The second-order valence-corrected chi connectivity index (χ2v) is 6.03. The molecule has 6 heteroatoms. The van der Waals surface area contributed by atoms with Gasteiger partial charge in [-0.1, -0.05) is 13.8 Å². The lowest BCUT2D eigenvalue weighted by atomic mass is 10.3. The molecular weight excluding hydrogens is 286 g/mol. The minimum Gasteiger partial charge on any atom is -0.487 e. The van der Waals surface area contributed by atoms with Crippen LogP contribution in [-0.4, -0.2) is 22.7 Å². The van der Waals surface area contributed by atoms with Gasteiger partial charge in [0.15, 0.2) is 5.75 Å². The number of halogens is 1. The van der Waals surface area contributed by atoms with Crippen molar-refractivity contribution in [3.63, 3.8) is 0 Å². The summed E-state index contributed by atoms with van der Waals surface area (Å²) in [5.74, 6) is 0.954. The Balaban J connectivity index is 2.87. The Labute approximate surface area is 122 Å². The molecule has 0 amide bonds. The van der Waals surface area contributed by atoms with Crippen molar-refractivity contribution >= 4 is 29.1 Å². The summed E-state index contributed by atoms with van der Waals surface area (Å²) in [6.07, 6.45) is 1.71. The van der Waals surface area contributed by atoms with E-state index in [-0.39, 0.29) is 5.69 Å². The van der Waals surface area contributed by atoms with Crippen LogP contribution in [0.25, 0.3) is 0 Å². The summed E-state index contributed by atoms with van der Waals surface area (Å²) in [5.41, 5.74) is 0.0165. The zero-order valence-corrected chi connectivity index (χ0v) is 12.7. The average molecular weight is 304 g/mol. The van der Waals surface area contributed by atoms with Crippen molar-refractivity contribution < 1.29 is 9.66 Å². The van der Waals surface area contributed by atoms with E-state index in [1.54, 1.807) is 23.9 Å². The summed E-state index contributed by atoms with van der Waals surface area (Å²) in [7, 11) is 0. The van der Waals surface area contributed by atoms with Gasteiger partial charge in [-0.2, -0.15) is 0 Å². The van der Waals surface area contributed by atoms with Crippen molar-refractivity contribution in [2.24, 2.45) is 0 Å². The first kappa shape index (κ1) is 16.1. The van der Waals surface area contributed by atoms with Crippen molar-refractivity contribution in [3.05, 3.63) is 28.3 Å². The normalized spacial score (nSPS) is 12.2. The SMILES string of the molecule is CCCOc1cc(SC(C)CCCl)ccc1[N+](=O)[O-]. The lowest BCUT2D eigenvalue weighted by Crippen LogP contribution is -2.01. The van der Waals surface area contributed by atoms with Crippen molar-refractivity contribution in [2.75, 3.05) is 12.5 Å². The number of benzene rings is 1. The number of nitro groups is 1. The molecular formula is C13H18ClNO3S. The fourth-order valence-electron chi connectivity index (χ4n) is 1.49. The first-order chi connectivity index (χ1) is 9.08. The Bertz CT molecular complexity index is 428. The standard InChI is InChI=1S/C13H18ClNO3S/c1-3-8-18-13-9-11(19-10(2)6-7-14)4-5-12(13)15(16)17/h4-5,9-10H,3,6-8H2,1-2H3. The maximum absolute atomic E-state index is 10.9. The summed E-state index contributed by atoms with van der Waals surface area (Å²) in [6, 6.07) is 5.00. The Morgan fingerprint density at radius 2 is 2.26 bits per heavy atom. The number of nitrogens with zero attached hydrogens (tertiary/aromatic N) is 1. The van der Waals surface area contributed by atoms with E-state index >= 15 is 0 Å². The van der Waals surface area contributed by atoms with E-state index in [0.717, 1.165) is 17.7 Å². The van der Waals surface area contributed by atoms with E-state index in [0.29, 0.717) is 23.5 Å². The van der Waals surface area contributed by atoms with E-state index in [9.17, 15) is 10.1 Å². The Morgan fingerprint density at radius 3 is 2.84 bits per heavy atom. The molecule has 0 saturated heterocycles. The van der Waals surface area contributed by atoms with Gasteiger partial charge < -0.3 is 4.74 Å². The van der Waals surface area contributed by atoms with Gasteiger partial charge in [-0.15, -0.1) is 23.4 Å². The molecule has 19 heavy (non-hydrogen) atoms. The lowest BCUT2D eigenvalue weighted by molar-refractivity contribution is -0.385. The Kier molecular flexibility index (Phi) is 7.02. The molecule has 0 N–H and O–H groups in total.